The van der Waals surface area contributed by atoms with E-state index in [0.717, 1.165) is 225 Å². The van der Waals surface area contributed by atoms with Crippen LogP contribution in [-0.2, 0) is 61.6 Å². The molecule has 0 radical (unpaired) electrons. The van der Waals surface area contributed by atoms with Crippen molar-refractivity contribution in [2.75, 3.05) is 222 Å². The summed E-state index contributed by atoms with van der Waals surface area (Å²) in [6.07, 6.45) is 9.38. The third-order valence-corrected chi connectivity index (χ3v) is 29.5. The zero-order chi connectivity index (χ0) is 102. The van der Waals surface area contributed by atoms with Crippen LogP contribution in [0, 0.1) is 23.2 Å². The molecule has 23 heteroatoms. The number of Topliss-reactive ketones (excluding diaryl/α,β-unsaturated/α-hetero) is 1. The molecule has 0 amide bonds. The highest BCUT2D eigenvalue weighted by molar-refractivity contribution is 5.86. The molecule has 3 unspecified atom stereocenters. The Labute approximate surface area is 841 Å². The number of fused-ring (bicyclic) bond motifs is 1. The summed E-state index contributed by atoms with van der Waals surface area (Å²) >= 11 is 0. The topological polar surface area (TPSA) is 214 Å². The van der Waals surface area contributed by atoms with E-state index in [0.29, 0.717) is 54.9 Å². The molecule has 0 bridgehead atoms. The Balaban J connectivity index is 0.000000156. The fourth-order valence-corrected chi connectivity index (χ4v) is 20.1. The molecule has 0 saturated carbocycles. The third-order valence-electron chi connectivity index (χ3n) is 29.5. The molecule has 10 saturated heterocycles. The standard InChI is InChI=1S/C18H27NO3.C18H27NO2.C17H25NO2.C17H27NO2.C16H24N2O2.C16H23NO2.C15H23NO2/c1-17(2,3)14-5-6-15(16(13-14)20-4)19-9-7-18(8-10-19)21-11-12-22-18;1-17(2,3)14-5-6-15(16(11-14)20-4)19-12-18(13-19)7-9-21-10-8-18;1-17(2,3)14-5-6-15(16(7-14)19-4)18-8-12-10-20-11-13(12)9-18;1-17(2,3)14-7-8-15(16(10-14)20-4)18-9-5-6-13(11-18)12-19;1-16(2,3)12-5-6-14(15(11-12)20-4)18-9-7-13(17-19)8-10-18;1-16(2,3)12-5-6-14(15(11-12)19-4)17-9-7-13(18)8-10-17;1-14(2,3)11-6-7-12(13(8-11)18-5)16-9-15(4,17)10-16/h5-6,13H,7-12H2,1-4H3;5-6,11H,7-10,12-13H2,1-4H3;5-7,12-13H,8-11H2,1-4H3;7-8,10,13,19H,5-6,9,11-12H2,1-4H3;5-6,11,19H,7-10H2,1-4H3;5-6,11H,7-10H2,1-4H3;6-8,17H,9-10H2,1-5H3. The zero-order valence-corrected chi connectivity index (χ0v) is 91.1. The van der Waals surface area contributed by atoms with Crippen LogP contribution < -0.4 is 67.5 Å². The zero-order valence-electron chi connectivity index (χ0n) is 91.1. The van der Waals surface area contributed by atoms with Crippen LogP contribution in [0.1, 0.15) is 255 Å². The molecule has 140 heavy (non-hydrogen) atoms. The van der Waals surface area contributed by atoms with E-state index >= 15 is 0 Å². The fraction of sp³-hybridized carbons (Fsp3) is 0.624. The van der Waals surface area contributed by atoms with Gasteiger partial charge in [0.25, 0.3) is 0 Å². The molecule has 774 valence electrons. The van der Waals surface area contributed by atoms with E-state index in [4.69, 9.17) is 57.3 Å². The minimum atomic E-state index is -0.562. The van der Waals surface area contributed by atoms with Gasteiger partial charge in [-0.15, -0.1) is 0 Å². The maximum atomic E-state index is 11.3. The number of ketones is 1. The first-order valence-electron chi connectivity index (χ1n) is 51.4. The normalized spacial score (nSPS) is 20.1. The van der Waals surface area contributed by atoms with Crippen LogP contribution in [0.3, 0.4) is 0 Å². The number of β-amino-alcohol motifs (C(OH)–C–C–N with tert-alkyl or cyclic N) is 1. The summed E-state index contributed by atoms with van der Waals surface area (Å²) in [6.45, 7) is 66.7. The first kappa shape index (κ1) is 111. The van der Waals surface area contributed by atoms with Gasteiger partial charge in [0, 0.05) is 167 Å². The van der Waals surface area contributed by atoms with Crippen molar-refractivity contribution in [2.24, 2.45) is 28.3 Å². The maximum Gasteiger partial charge on any atom is 0.171 e. The molecular formula is C117H176N8O15. The second-order valence-corrected chi connectivity index (χ2v) is 47.7. The predicted molar refractivity (Wildman–Crippen MR) is 575 cm³/mol. The summed E-state index contributed by atoms with van der Waals surface area (Å²) in [4.78, 5) is 27.6. The molecule has 2 spiro atoms. The minimum absolute atomic E-state index is 0.115. The van der Waals surface area contributed by atoms with Gasteiger partial charge in [0.15, 0.2) is 5.79 Å². The smallest absolute Gasteiger partial charge is 0.171 e. The van der Waals surface area contributed by atoms with Crippen LogP contribution in [0.25, 0.3) is 0 Å². The molecule has 10 aliphatic heterocycles. The van der Waals surface area contributed by atoms with Gasteiger partial charge < -0.3 is 102 Å². The van der Waals surface area contributed by atoms with Gasteiger partial charge in [-0.2, -0.15) is 0 Å². The quantitative estimate of drug-likeness (QED) is 0.0643. The average Bonchev–Trinajstić information content (AvgIpc) is 0.970. The maximum absolute atomic E-state index is 11.3. The number of benzene rings is 7. The highest BCUT2D eigenvalue weighted by Gasteiger charge is 2.46. The van der Waals surface area contributed by atoms with Crippen LogP contribution in [-0.4, -0.2) is 226 Å². The Bertz CT molecular complexity index is 5080. The van der Waals surface area contributed by atoms with Crippen LogP contribution in [0.15, 0.2) is 133 Å². The van der Waals surface area contributed by atoms with Crippen molar-refractivity contribution in [3.63, 3.8) is 0 Å². The number of carbonyl (C=O) groups is 1. The summed E-state index contributed by atoms with van der Waals surface area (Å²) in [5, 5.41) is 31.3. The van der Waals surface area contributed by atoms with Crippen molar-refractivity contribution in [1.82, 2.24) is 0 Å². The van der Waals surface area contributed by atoms with Gasteiger partial charge in [0.2, 0.25) is 0 Å². The van der Waals surface area contributed by atoms with Crippen LogP contribution >= 0.6 is 0 Å². The number of rotatable bonds is 15. The number of hydrogen-bond acceptors (Lipinski definition) is 23. The van der Waals surface area contributed by atoms with E-state index < -0.39 is 5.60 Å². The summed E-state index contributed by atoms with van der Waals surface area (Å²) in [7, 11) is 12.2. The Morgan fingerprint density at radius 2 is 0.636 bits per heavy atom. The molecule has 17 rings (SSSR count). The number of oxime groups is 1. The highest BCUT2D eigenvalue weighted by Crippen LogP contribution is 2.49. The Kier molecular flexibility index (Phi) is 37.3. The Morgan fingerprint density at radius 3 is 0.929 bits per heavy atom. The summed E-state index contributed by atoms with van der Waals surface area (Å²) in [5.74, 6) is 8.42. The molecule has 3 atom stereocenters. The average molecular weight is 1930 g/mol. The van der Waals surface area contributed by atoms with E-state index in [1.54, 1.807) is 49.8 Å². The van der Waals surface area contributed by atoms with Gasteiger partial charge in [-0.3, -0.25) is 4.79 Å². The predicted octanol–water partition coefficient (Wildman–Crippen LogP) is 22.4. The first-order chi connectivity index (χ1) is 65.9. The monoisotopic (exact) mass is 1930 g/mol. The lowest BCUT2D eigenvalue weighted by Gasteiger charge is -2.53. The lowest BCUT2D eigenvalue weighted by Crippen LogP contribution is -2.60. The summed E-state index contributed by atoms with van der Waals surface area (Å²) in [5.41, 5.74) is 18.8. The van der Waals surface area contributed by atoms with Crippen molar-refractivity contribution in [1.29, 1.82) is 0 Å². The lowest BCUT2D eigenvalue weighted by molar-refractivity contribution is -0.169. The van der Waals surface area contributed by atoms with Gasteiger partial charge in [-0.25, -0.2) is 0 Å². The van der Waals surface area contributed by atoms with E-state index in [2.05, 4.69) is 312 Å². The molecule has 10 fully saturated rings. The second kappa shape index (κ2) is 47.0. The van der Waals surface area contributed by atoms with E-state index in [1.807, 2.05) is 6.92 Å². The number of piperidine rings is 4. The molecule has 10 aliphatic rings. The van der Waals surface area contributed by atoms with Gasteiger partial charge in [-0.05, 0) is 200 Å². The molecule has 0 aromatic heterocycles. The van der Waals surface area contributed by atoms with E-state index in [1.165, 1.54) is 68.8 Å². The van der Waals surface area contributed by atoms with Gasteiger partial charge in [-0.1, -0.05) is 193 Å². The van der Waals surface area contributed by atoms with E-state index in [9.17, 15) is 15.0 Å². The number of nitrogens with zero attached hydrogens (tertiary/aromatic N) is 8. The first-order valence-corrected chi connectivity index (χ1v) is 51.4. The lowest BCUT2D eigenvalue weighted by atomic mass is 9.73. The van der Waals surface area contributed by atoms with Gasteiger partial charge >= 0.3 is 0 Å². The molecule has 23 nitrogen and oxygen atoms in total. The molecule has 0 aliphatic carbocycles. The number of ether oxygens (including phenoxy) is 11. The summed E-state index contributed by atoms with van der Waals surface area (Å²) in [6, 6.07) is 45.6. The number of anilines is 7. The van der Waals surface area contributed by atoms with Crippen molar-refractivity contribution in [3.05, 3.63) is 166 Å². The second-order valence-electron chi connectivity index (χ2n) is 47.7. The van der Waals surface area contributed by atoms with Crippen LogP contribution in [0.5, 0.6) is 40.2 Å². The number of methoxy groups -OCH3 is 7. The summed E-state index contributed by atoms with van der Waals surface area (Å²) < 4.78 is 61.8. The number of aliphatic hydroxyl groups excluding tert-OH is 1. The minimum Gasteiger partial charge on any atom is -0.495 e. The Morgan fingerprint density at radius 1 is 0.350 bits per heavy atom. The Hall–Kier alpha value is -9.36. The molecule has 7 aromatic rings. The van der Waals surface area contributed by atoms with Crippen LogP contribution in [0.4, 0.5) is 39.8 Å². The van der Waals surface area contributed by atoms with Crippen molar-refractivity contribution >= 4 is 51.3 Å². The molecule has 7 aromatic carbocycles. The SMILES string of the molecule is COc1cc(C(C)(C)C)ccc1N1CC(C)(O)C1.COc1cc(C(C)(C)C)ccc1N1CC2(CCOCC2)C1.COc1cc(C(C)(C)C)ccc1N1CC2COCC2C1.COc1cc(C(C)(C)C)ccc1N1CCC(=NO)CC1.COc1cc(C(C)(C)C)ccc1N1CCC(=O)CC1.COc1cc(C(C)(C)C)ccc1N1CCC2(CC1)OCCO2.COc1cc(C(C)(C)C)ccc1N1CCCC(CO)C1. The number of hydrogen-bond donors (Lipinski definition) is 3. The number of carbonyl (C=O) groups excluding carboxylic acids is 1. The number of aliphatic hydroxyl groups is 2. The fourth-order valence-electron chi connectivity index (χ4n) is 20.1. The van der Waals surface area contributed by atoms with Crippen molar-refractivity contribution in [3.8, 4) is 40.2 Å². The van der Waals surface area contributed by atoms with E-state index in [-0.39, 0.29) is 50.3 Å². The molecule has 3 N–H and O–H groups in total. The van der Waals surface area contributed by atoms with Crippen LogP contribution in [0.2, 0.25) is 0 Å². The highest BCUT2D eigenvalue weighted by atomic mass is 16.7. The third kappa shape index (κ3) is 29.0. The van der Waals surface area contributed by atoms with Gasteiger partial charge in [0.05, 0.1) is 127 Å². The largest absolute Gasteiger partial charge is 0.495 e. The molecular weight excluding hydrogens is 1760 g/mol. The van der Waals surface area contributed by atoms with Crippen molar-refractivity contribution in [2.45, 2.75) is 266 Å². The molecule has 10 heterocycles. The van der Waals surface area contributed by atoms with Crippen molar-refractivity contribution < 1.29 is 72.3 Å². The van der Waals surface area contributed by atoms with Gasteiger partial charge in [0.1, 0.15) is 46.0 Å².